The van der Waals surface area contributed by atoms with Crippen LogP contribution in [0.25, 0.3) is 0 Å². The second kappa shape index (κ2) is 5.23. The second-order valence-electron chi connectivity index (χ2n) is 4.45. The van der Waals surface area contributed by atoms with Crippen molar-refractivity contribution in [3.63, 3.8) is 0 Å². The average molecular weight is 246 g/mol. The predicted octanol–water partition coefficient (Wildman–Crippen LogP) is 1.71. The van der Waals surface area contributed by atoms with Gasteiger partial charge in [0.05, 0.1) is 12.6 Å². The van der Waals surface area contributed by atoms with Crippen LogP contribution in [0.3, 0.4) is 0 Å². The van der Waals surface area contributed by atoms with Crippen LogP contribution < -0.4 is 5.69 Å². The topological polar surface area (TPSA) is 47.2 Å². The largest absolute Gasteiger partial charge is 0.387 e. The van der Waals surface area contributed by atoms with E-state index >= 15 is 0 Å². The van der Waals surface area contributed by atoms with Crippen molar-refractivity contribution in [1.29, 1.82) is 0 Å². The van der Waals surface area contributed by atoms with E-state index in [0.29, 0.717) is 6.54 Å². The quantitative estimate of drug-likeness (QED) is 0.892. The monoisotopic (exact) mass is 246 g/mol. The zero-order valence-corrected chi connectivity index (χ0v) is 10.7. The highest BCUT2D eigenvalue weighted by atomic mass is 16.3. The standard InChI is InChI=1S/C14H18N2O2/c1-3-15-8-9-16(14(15)18)10-13(17)12-6-4-11(2)5-7-12/h4-9,13,17H,3,10H2,1-2H3. The molecule has 2 aromatic rings. The Balaban J connectivity index is 2.16. The van der Waals surface area contributed by atoms with E-state index in [2.05, 4.69) is 0 Å². The van der Waals surface area contributed by atoms with Crippen LogP contribution in [0.1, 0.15) is 24.2 Å². The van der Waals surface area contributed by atoms with E-state index in [-0.39, 0.29) is 12.2 Å². The molecule has 18 heavy (non-hydrogen) atoms. The van der Waals surface area contributed by atoms with Crippen molar-refractivity contribution < 1.29 is 5.11 Å². The SMILES string of the molecule is CCn1ccn(CC(O)c2ccc(C)cc2)c1=O. The van der Waals surface area contributed by atoms with E-state index < -0.39 is 6.10 Å². The van der Waals surface area contributed by atoms with Crippen molar-refractivity contribution in [2.75, 3.05) is 0 Å². The molecule has 96 valence electrons. The minimum Gasteiger partial charge on any atom is -0.387 e. The van der Waals surface area contributed by atoms with Gasteiger partial charge in [0.15, 0.2) is 0 Å². The first kappa shape index (κ1) is 12.6. The Morgan fingerprint density at radius 3 is 2.33 bits per heavy atom. The van der Waals surface area contributed by atoms with Crippen LogP contribution in [-0.2, 0) is 13.1 Å². The molecule has 1 unspecified atom stereocenters. The summed E-state index contributed by atoms with van der Waals surface area (Å²) in [6.07, 6.45) is 2.80. The molecule has 0 aliphatic carbocycles. The van der Waals surface area contributed by atoms with Gasteiger partial charge < -0.3 is 5.11 Å². The van der Waals surface area contributed by atoms with Gasteiger partial charge in [0, 0.05) is 18.9 Å². The molecule has 1 aromatic carbocycles. The maximum Gasteiger partial charge on any atom is 0.328 e. The van der Waals surface area contributed by atoms with Crippen LogP contribution in [0.2, 0.25) is 0 Å². The molecule has 2 rings (SSSR count). The number of imidazole rings is 1. The molecule has 1 heterocycles. The minimum atomic E-state index is -0.656. The van der Waals surface area contributed by atoms with Crippen LogP contribution in [0.4, 0.5) is 0 Å². The highest BCUT2D eigenvalue weighted by Gasteiger charge is 2.10. The molecule has 0 aliphatic rings. The van der Waals surface area contributed by atoms with Crippen molar-refractivity contribution in [1.82, 2.24) is 9.13 Å². The van der Waals surface area contributed by atoms with Crippen LogP contribution in [0.5, 0.6) is 0 Å². The molecule has 0 spiro atoms. The molecule has 4 nitrogen and oxygen atoms in total. The van der Waals surface area contributed by atoms with Crippen LogP contribution in [0, 0.1) is 6.92 Å². The first-order chi connectivity index (χ1) is 8.61. The Morgan fingerprint density at radius 1 is 1.17 bits per heavy atom. The number of aromatic nitrogens is 2. The number of benzene rings is 1. The first-order valence-corrected chi connectivity index (χ1v) is 6.12. The fourth-order valence-electron chi connectivity index (χ4n) is 1.91. The van der Waals surface area contributed by atoms with Crippen molar-refractivity contribution in [3.8, 4) is 0 Å². The van der Waals surface area contributed by atoms with Crippen LogP contribution in [-0.4, -0.2) is 14.2 Å². The van der Waals surface area contributed by atoms with E-state index in [4.69, 9.17) is 0 Å². The van der Waals surface area contributed by atoms with E-state index in [9.17, 15) is 9.90 Å². The number of aliphatic hydroxyl groups is 1. The fraction of sp³-hybridized carbons (Fsp3) is 0.357. The Kier molecular flexibility index (Phi) is 3.67. The Bertz CT molecular complexity index is 566. The lowest BCUT2D eigenvalue weighted by molar-refractivity contribution is 0.155. The summed E-state index contributed by atoms with van der Waals surface area (Å²) in [6, 6.07) is 7.70. The molecule has 4 heteroatoms. The molecule has 0 radical (unpaired) electrons. The Morgan fingerprint density at radius 2 is 1.78 bits per heavy atom. The van der Waals surface area contributed by atoms with Gasteiger partial charge in [0.25, 0.3) is 0 Å². The molecule has 1 N–H and O–H groups in total. The molecule has 0 fully saturated rings. The zero-order chi connectivity index (χ0) is 13.1. The highest BCUT2D eigenvalue weighted by molar-refractivity contribution is 5.23. The van der Waals surface area contributed by atoms with Gasteiger partial charge in [-0.05, 0) is 19.4 Å². The summed E-state index contributed by atoms with van der Waals surface area (Å²) in [4.78, 5) is 11.8. The maximum absolute atomic E-state index is 11.8. The lowest BCUT2D eigenvalue weighted by atomic mass is 10.1. The van der Waals surface area contributed by atoms with Gasteiger partial charge in [-0.2, -0.15) is 0 Å². The second-order valence-corrected chi connectivity index (χ2v) is 4.45. The number of hydrogen-bond donors (Lipinski definition) is 1. The van der Waals surface area contributed by atoms with Crippen molar-refractivity contribution in [2.45, 2.75) is 33.0 Å². The summed E-state index contributed by atoms with van der Waals surface area (Å²) in [7, 11) is 0. The number of nitrogens with zero attached hydrogens (tertiary/aromatic N) is 2. The summed E-state index contributed by atoms with van der Waals surface area (Å²) in [6.45, 7) is 4.85. The molecule has 0 saturated carbocycles. The number of aliphatic hydroxyl groups excluding tert-OH is 1. The smallest absolute Gasteiger partial charge is 0.328 e. The van der Waals surface area contributed by atoms with Gasteiger partial charge >= 0.3 is 5.69 Å². The maximum atomic E-state index is 11.8. The van der Waals surface area contributed by atoms with E-state index in [1.54, 1.807) is 17.0 Å². The van der Waals surface area contributed by atoms with Crippen molar-refractivity contribution in [3.05, 3.63) is 58.3 Å². The van der Waals surface area contributed by atoms with Crippen molar-refractivity contribution in [2.24, 2.45) is 0 Å². The molecule has 0 saturated heterocycles. The third-order valence-electron chi connectivity index (χ3n) is 3.09. The number of aryl methyl sites for hydroxylation is 2. The molecular formula is C14H18N2O2. The molecule has 1 atom stereocenters. The van der Waals surface area contributed by atoms with Crippen LogP contribution >= 0.6 is 0 Å². The summed E-state index contributed by atoms with van der Waals surface area (Å²) in [5.74, 6) is 0. The summed E-state index contributed by atoms with van der Waals surface area (Å²) in [5, 5.41) is 10.1. The van der Waals surface area contributed by atoms with E-state index in [0.717, 1.165) is 11.1 Å². The minimum absolute atomic E-state index is 0.0799. The van der Waals surface area contributed by atoms with Crippen LogP contribution in [0.15, 0.2) is 41.5 Å². The van der Waals surface area contributed by atoms with E-state index in [1.165, 1.54) is 4.57 Å². The normalized spacial score (nSPS) is 12.6. The van der Waals surface area contributed by atoms with Gasteiger partial charge in [-0.1, -0.05) is 29.8 Å². The zero-order valence-electron chi connectivity index (χ0n) is 10.7. The van der Waals surface area contributed by atoms with Crippen molar-refractivity contribution >= 4 is 0 Å². The number of rotatable bonds is 4. The van der Waals surface area contributed by atoms with Gasteiger partial charge in [-0.15, -0.1) is 0 Å². The lowest BCUT2D eigenvalue weighted by Crippen LogP contribution is -2.25. The highest BCUT2D eigenvalue weighted by Crippen LogP contribution is 2.14. The Hall–Kier alpha value is -1.81. The van der Waals surface area contributed by atoms with Gasteiger partial charge in [-0.3, -0.25) is 9.13 Å². The number of hydrogen-bond acceptors (Lipinski definition) is 2. The molecule has 1 aromatic heterocycles. The Labute approximate surface area is 106 Å². The fourth-order valence-corrected chi connectivity index (χ4v) is 1.91. The van der Waals surface area contributed by atoms with Gasteiger partial charge in [-0.25, -0.2) is 4.79 Å². The third kappa shape index (κ3) is 2.54. The summed E-state index contributed by atoms with van der Waals surface area (Å²) >= 11 is 0. The summed E-state index contributed by atoms with van der Waals surface area (Å²) in [5.41, 5.74) is 1.90. The summed E-state index contributed by atoms with van der Waals surface area (Å²) < 4.78 is 3.15. The third-order valence-corrected chi connectivity index (χ3v) is 3.09. The molecule has 0 aliphatic heterocycles. The average Bonchev–Trinajstić information content (AvgIpc) is 2.71. The first-order valence-electron chi connectivity index (χ1n) is 6.12. The molecule has 0 bridgehead atoms. The molecular weight excluding hydrogens is 228 g/mol. The van der Waals surface area contributed by atoms with Gasteiger partial charge in [0.1, 0.15) is 0 Å². The lowest BCUT2D eigenvalue weighted by Gasteiger charge is -2.11. The predicted molar refractivity (Wildman–Crippen MR) is 70.5 cm³/mol. The molecule has 0 amide bonds. The van der Waals surface area contributed by atoms with E-state index in [1.807, 2.05) is 38.1 Å². The van der Waals surface area contributed by atoms with Gasteiger partial charge in [0.2, 0.25) is 0 Å².